The molecule has 112 valence electrons. The molecule has 2 rings (SSSR count). The maximum atomic E-state index is 13.2. The van der Waals surface area contributed by atoms with Crippen molar-refractivity contribution in [2.24, 2.45) is 0 Å². The van der Waals surface area contributed by atoms with E-state index in [1.165, 1.54) is 12.1 Å². The summed E-state index contributed by atoms with van der Waals surface area (Å²) in [6, 6.07) is 12.5. The van der Waals surface area contributed by atoms with Gasteiger partial charge in [0.05, 0.1) is 11.6 Å². The molecule has 0 fully saturated rings. The van der Waals surface area contributed by atoms with Crippen LogP contribution in [0.1, 0.15) is 29.7 Å². The number of alkyl halides is 3. The Balaban J connectivity index is 2.51. The van der Waals surface area contributed by atoms with Gasteiger partial charge in [-0.25, -0.2) is 0 Å². The molecule has 0 saturated carbocycles. The first kappa shape index (κ1) is 16.0. The summed E-state index contributed by atoms with van der Waals surface area (Å²) in [6.07, 6.45) is -4.36. The molecule has 0 saturated heterocycles. The molecule has 0 aliphatic heterocycles. The molecule has 1 nitrogen and oxygen atoms in total. The summed E-state index contributed by atoms with van der Waals surface area (Å²) in [6.45, 7) is 2.45. The largest absolute Gasteiger partial charge is 0.416 e. The summed E-state index contributed by atoms with van der Waals surface area (Å²) in [5, 5.41) is 3.13. The third-order valence-corrected chi connectivity index (χ3v) is 3.72. The fourth-order valence-electron chi connectivity index (χ4n) is 2.27. The van der Waals surface area contributed by atoms with Gasteiger partial charge in [-0.1, -0.05) is 53.2 Å². The number of benzene rings is 2. The Bertz CT molecular complexity index is 593. The van der Waals surface area contributed by atoms with Crippen molar-refractivity contribution in [2.75, 3.05) is 6.54 Å². The zero-order valence-electron chi connectivity index (χ0n) is 11.4. The fourth-order valence-corrected chi connectivity index (χ4v) is 2.54. The van der Waals surface area contributed by atoms with Gasteiger partial charge in [0, 0.05) is 4.47 Å². The van der Waals surface area contributed by atoms with Crippen LogP contribution >= 0.6 is 15.9 Å². The van der Waals surface area contributed by atoms with Crippen LogP contribution in [0, 0.1) is 0 Å². The molecular formula is C16H15BrF3N. The normalized spacial score (nSPS) is 13.2. The molecule has 0 spiro atoms. The number of halogens is 4. The van der Waals surface area contributed by atoms with Crippen molar-refractivity contribution >= 4 is 15.9 Å². The molecule has 1 unspecified atom stereocenters. The predicted molar refractivity (Wildman–Crippen MR) is 81.1 cm³/mol. The van der Waals surface area contributed by atoms with Crippen LogP contribution in [0.5, 0.6) is 0 Å². The Morgan fingerprint density at radius 1 is 1.05 bits per heavy atom. The van der Waals surface area contributed by atoms with Gasteiger partial charge < -0.3 is 5.32 Å². The Morgan fingerprint density at radius 2 is 1.67 bits per heavy atom. The third kappa shape index (κ3) is 3.86. The summed E-state index contributed by atoms with van der Waals surface area (Å²) >= 11 is 3.34. The first-order chi connectivity index (χ1) is 9.93. The van der Waals surface area contributed by atoms with Crippen LogP contribution in [-0.2, 0) is 6.18 Å². The summed E-state index contributed by atoms with van der Waals surface area (Å²) in [5.41, 5.74) is 0.449. The number of nitrogens with one attached hydrogen (secondary N) is 1. The SMILES string of the molecule is CCNC(c1ccc(Br)cc1)c1ccccc1C(F)(F)F. The zero-order valence-corrected chi connectivity index (χ0v) is 13.0. The smallest absolute Gasteiger partial charge is 0.307 e. The molecule has 0 amide bonds. The number of rotatable bonds is 4. The van der Waals surface area contributed by atoms with Crippen LogP contribution in [0.15, 0.2) is 53.0 Å². The Morgan fingerprint density at radius 3 is 2.24 bits per heavy atom. The van der Waals surface area contributed by atoms with E-state index in [1.807, 2.05) is 31.2 Å². The first-order valence-electron chi connectivity index (χ1n) is 6.58. The Labute approximate surface area is 130 Å². The van der Waals surface area contributed by atoms with Crippen molar-refractivity contribution in [3.05, 3.63) is 69.7 Å². The van der Waals surface area contributed by atoms with E-state index in [9.17, 15) is 13.2 Å². The van der Waals surface area contributed by atoms with E-state index < -0.39 is 17.8 Å². The number of hydrogen-bond donors (Lipinski definition) is 1. The lowest BCUT2D eigenvalue weighted by molar-refractivity contribution is -0.138. The molecule has 0 heterocycles. The molecular weight excluding hydrogens is 343 g/mol. The molecule has 0 aliphatic carbocycles. The van der Waals surface area contributed by atoms with Gasteiger partial charge in [0.15, 0.2) is 0 Å². The van der Waals surface area contributed by atoms with Gasteiger partial charge in [-0.15, -0.1) is 0 Å². The second kappa shape index (κ2) is 6.62. The van der Waals surface area contributed by atoms with Crippen LogP contribution in [0.3, 0.4) is 0 Å². The van der Waals surface area contributed by atoms with Gasteiger partial charge in [0.25, 0.3) is 0 Å². The highest BCUT2D eigenvalue weighted by Gasteiger charge is 2.35. The van der Waals surface area contributed by atoms with E-state index in [-0.39, 0.29) is 5.56 Å². The molecule has 1 N–H and O–H groups in total. The van der Waals surface area contributed by atoms with E-state index in [0.29, 0.717) is 6.54 Å². The van der Waals surface area contributed by atoms with Gasteiger partial charge in [0.1, 0.15) is 0 Å². The molecule has 5 heteroatoms. The van der Waals surface area contributed by atoms with Gasteiger partial charge in [0.2, 0.25) is 0 Å². The van der Waals surface area contributed by atoms with E-state index in [0.717, 1.165) is 16.1 Å². The van der Waals surface area contributed by atoms with E-state index in [2.05, 4.69) is 21.2 Å². The van der Waals surface area contributed by atoms with Crippen molar-refractivity contribution in [3.63, 3.8) is 0 Å². The van der Waals surface area contributed by atoms with E-state index >= 15 is 0 Å². The van der Waals surface area contributed by atoms with Crippen molar-refractivity contribution < 1.29 is 13.2 Å². The summed E-state index contributed by atoms with van der Waals surface area (Å²) in [7, 11) is 0. The maximum absolute atomic E-state index is 13.2. The molecule has 21 heavy (non-hydrogen) atoms. The molecule has 0 bridgehead atoms. The minimum atomic E-state index is -4.36. The van der Waals surface area contributed by atoms with Gasteiger partial charge in [-0.05, 0) is 35.9 Å². The van der Waals surface area contributed by atoms with Crippen LogP contribution in [0.4, 0.5) is 13.2 Å². The van der Waals surface area contributed by atoms with E-state index in [4.69, 9.17) is 0 Å². The maximum Gasteiger partial charge on any atom is 0.416 e. The predicted octanol–water partition coefficient (Wildman–Crippen LogP) is 5.17. The summed E-state index contributed by atoms with van der Waals surface area (Å²) < 4.78 is 40.5. The van der Waals surface area contributed by atoms with E-state index in [1.54, 1.807) is 6.07 Å². The van der Waals surface area contributed by atoms with Crippen molar-refractivity contribution in [1.82, 2.24) is 5.32 Å². The average molecular weight is 358 g/mol. The fraction of sp³-hybridized carbons (Fsp3) is 0.250. The number of hydrogen-bond acceptors (Lipinski definition) is 1. The molecule has 1 atom stereocenters. The van der Waals surface area contributed by atoms with Crippen LogP contribution in [0.2, 0.25) is 0 Å². The average Bonchev–Trinajstić information content (AvgIpc) is 2.45. The highest BCUT2D eigenvalue weighted by Crippen LogP contribution is 2.36. The highest BCUT2D eigenvalue weighted by atomic mass is 79.9. The molecule has 2 aromatic carbocycles. The molecule has 2 aromatic rings. The van der Waals surface area contributed by atoms with Crippen molar-refractivity contribution in [1.29, 1.82) is 0 Å². The van der Waals surface area contributed by atoms with Gasteiger partial charge in [-0.3, -0.25) is 0 Å². The highest BCUT2D eigenvalue weighted by molar-refractivity contribution is 9.10. The Kier molecular flexibility index (Phi) is 5.06. The lowest BCUT2D eigenvalue weighted by atomic mass is 9.94. The minimum Gasteiger partial charge on any atom is -0.307 e. The first-order valence-corrected chi connectivity index (χ1v) is 7.37. The quantitative estimate of drug-likeness (QED) is 0.796. The van der Waals surface area contributed by atoms with Crippen LogP contribution < -0.4 is 5.32 Å². The van der Waals surface area contributed by atoms with Gasteiger partial charge >= 0.3 is 6.18 Å². The minimum absolute atomic E-state index is 0.245. The summed E-state index contributed by atoms with van der Waals surface area (Å²) in [5.74, 6) is 0. The monoisotopic (exact) mass is 357 g/mol. The molecule has 0 radical (unpaired) electrons. The van der Waals surface area contributed by atoms with Crippen molar-refractivity contribution in [3.8, 4) is 0 Å². The van der Waals surface area contributed by atoms with Crippen LogP contribution in [0.25, 0.3) is 0 Å². The standard InChI is InChI=1S/C16H15BrF3N/c1-2-21-15(11-7-9-12(17)10-8-11)13-5-3-4-6-14(13)16(18,19)20/h3-10,15,21H,2H2,1H3. The second-order valence-electron chi connectivity index (χ2n) is 4.63. The van der Waals surface area contributed by atoms with Crippen molar-refractivity contribution in [2.45, 2.75) is 19.1 Å². The lowest BCUT2D eigenvalue weighted by Gasteiger charge is -2.23. The zero-order chi connectivity index (χ0) is 15.5. The van der Waals surface area contributed by atoms with Crippen LogP contribution in [-0.4, -0.2) is 6.54 Å². The summed E-state index contributed by atoms with van der Waals surface area (Å²) in [4.78, 5) is 0. The second-order valence-corrected chi connectivity index (χ2v) is 5.54. The van der Waals surface area contributed by atoms with Gasteiger partial charge in [-0.2, -0.15) is 13.2 Å². The molecule has 0 aromatic heterocycles. The third-order valence-electron chi connectivity index (χ3n) is 3.19. The molecule has 0 aliphatic rings. The lowest BCUT2D eigenvalue weighted by Crippen LogP contribution is -2.25. The topological polar surface area (TPSA) is 12.0 Å². The Hall–Kier alpha value is -1.33.